The molecule has 1 saturated heterocycles. The Kier molecular flexibility index (Phi) is 4.11. The average Bonchev–Trinajstić information content (AvgIpc) is 2.38. The second-order valence-electron chi connectivity index (χ2n) is 4.99. The molecule has 3 nitrogen and oxygen atoms in total. The lowest BCUT2D eigenvalue weighted by molar-refractivity contribution is 0.364. The van der Waals surface area contributed by atoms with Crippen molar-refractivity contribution in [1.82, 2.24) is 0 Å². The normalized spacial score (nSPS) is 21.4. The lowest BCUT2D eigenvalue weighted by atomic mass is 9.92. The van der Waals surface area contributed by atoms with E-state index in [4.69, 9.17) is 22.6 Å². The van der Waals surface area contributed by atoms with Crippen LogP contribution in [0.2, 0.25) is 5.02 Å². The van der Waals surface area contributed by atoms with E-state index in [0.29, 0.717) is 16.5 Å². The molecular formula is C14H18ClN3. The molecule has 2 N–H and O–H groups in total. The molecule has 1 aromatic rings. The zero-order chi connectivity index (χ0) is 13.1. The first-order valence-corrected chi connectivity index (χ1v) is 6.70. The van der Waals surface area contributed by atoms with E-state index in [-0.39, 0.29) is 6.04 Å². The summed E-state index contributed by atoms with van der Waals surface area (Å²) in [6, 6.07) is 7.79. The van der Waals surface area contributed by atoms with Gasteiger partial charge in [0.1, 0.15) is 0 Å². The fraction of sp³-hybridized carbons (Fsp3) is 0.500. The van der Waals surface area contributed by atoms with Crippen molar-refractivity contribution < 1.29 is 0 Å². The van der Waals surface area contributed by atoms with Gasteiger partial charge in [0.2, 0.25) is 0 Å². The minimum Gasteiger partial charge on any atom is -0.370 e. The maximum absolute atomic E-state index is 8.84. The summed E-state index contributed by atoms with van der Waals surface area (Å²) in [7, 11) is 0. The van der Waals surface area contributed by atoms with Crippen LogP contribution in [-0.2, 0) is 0 Å². The van der Waals surface area contributed by atoms with E-state index >= 15 is 0 Å². The lowest BCUT2D eigenvalue weighted by Crippen LogP contribution is -2.42. The van der Waals surface area contributed by atoms with Crippen LogP contribution in [-0.4, -0.2) is 19.1 Å². The van der Waals surface area contributed by atoms with Crippen LogP contribution in [0.4, 0.5) is 5.69 Å². The highest BCUT2D eigenvalue weighted by molar-refractivity contribution is 6.33. The smallest absolute Gasteiger partial charge is 0.0992 e. The number of rotatable bonds is 2. The Bertz CT molecular complexity index is 465. The third-order valence-corrected chi connectivity index (χ3v) is 3.92. The van der Waals surface area contributed by atoms with Crippen LogP contribution in [0.25, 0.3) is 0 Å². The van der Waals surface area contributed by atoms with Gasteiger partial charge >= 0.3 is 0 Å². The fourth-order valence-corrected chi connectivity index (χ4v) is 2.79. The van der Waals surface area contributed by atoms with E-state index in [2.05, 4.69) is 17.9 Å². The molecule has 2 rings (SSSR count). The fourth-order valence-electron chi connectivity index (χ4n) is 2.49. The predicted octanol–water partition coefficient (Wildman–Crippen LogP) is 2.78. The summed E-state index contributed by atoms with van der Waals surface area (Å²) in [5.41, 5.74) is 7.60. The molecule has 0 bridgehead atoms. The van der Waals surface area contributed by atoms with E-state index in [0.717, 1.165) is 25.2 Å². The number of nitrogens with two attached hydrogens (primary N) is 1. The zero-order valence-corrected chi connectivity index (χ0v) is 11.3. The number of halogens is 1. The van der Waals surface area contributed by atoms with E-state index in [9.17, 15) is 0 Å². The lowest BCUT2D eigenvalue weighted by Gasteiger charge is -2.36. The summed E-state index contributed by atoms with van der Waals surface area (Å²) in [5, 5.41) is 9.49. The standard InChI is InChI=1S/C14H18ClN3/c1-10(17)12-3-2-6-18(9-12)14-5-4-11(8-16)7-13(14)15/h4-5,7,10,12H,2-3,6,9,17H2,1H3. The van der Waals surface area contributed by atoms with Gasteiger partial charge < -0.3 is 10.6 Å². The van der Waals surface area contributed by atoms with E-state index in [1.807, 2.05) is 12.1 Å². The Morgan fingerprint density at radius 3 is 2.94 bits per heavy atom. The van der Waals surface area contributed by atoms with Crippen molar-refractivity contribution in [3.8, 4) is 6.07 Å². The van der Waals surface area contributed by atoms with Crippen molar-refractivity contribution in [2.75, 3.05) is 18.0 Å². The van der Waals surface area contributed by atoms with Gasteiger partial charge in [-0.25, -0.2) is 0 Å². The molecular weight excluding hydrogens is 246 g/mol. The highest BCUT2D eigenvalue weighted by atomic mass is 35.5. The van der Waals surface area contributed by atoms with Crippen LogP contribution in [0.15, 0.2) is 18.2 Å². The molecule has 2 unspecified atom stereocenters. The molecule has 0 aliphatic carbocycles. The van der Waals surface area contributed by atoms with Crippen molar-refractivity contribution in [2.45, 2.75) is 25.8 Å². The molecule has 0 radical (unpaired) electrons. The van der Waals surface area contributed by atoms with Gasteiger partial charge in [0, 0.05) is 19.1 Å². The molecule has 1 aromatic carbocycles. The summed E-state index contributed by atoms with van der Waals surface area (Å²) in [5.74, 6) is 0.519. The Labute approximate surface area is 113 Å². The van der Waals surface area contributed by atoms with Gasteiger partial charge in [-0.1, -0.05) is 11.6 Å². The Balaban J connectivity index is 2.19. The third kappa shape index (κ3) is 2.77. The van der Waals surface area contributed by atoms with Crippen LogP contribution < -0.4 is 10.6 Å². The largest absolute Gasteiger partial charge is 0.370 e. The van der Waals surface area contributed by atoms with Gasteiger partial charge in [-0.15, -0.1) is 0 Å². The molecule has 1 heterocycles. The number of nitriles is 1. The summed E-state index contributed by atoms with van der Waals surface area (Å²) in [6.07, 6.45) is 2.32. The Morgan fingerprint density at radius 2 is 2.33 bits per heavy atom. The first-order chi connectivity index (χ1) is 8.61. The first-order valence-electron chi connectivity index (χ1n) is 6.32. The molecule has 96 valence electrons. The van der Waals surface area contributed by atoms with Crippen molar-refractivity contribution in [1.29, 1.82) is 5.26 Å². The van der Waals surface area contributed by atoms with E-state index in [1.165, 1.54) is 6.42 Å². The summed E-state index contributed by atoms with van der Waals surface area (Å²) in [6.45, 7) is 4.02. The maximum atomic E-state index is 8.84. The van der Waals surface area contributed by atoms with Crippen LogP contribution in [0, 0.1) is 17.2 Å². The topological polar surface area (TPSA) is 53.0 Å². The zero-order valence-electron chi connectivity index (χ0n) is 10.6. The summed E-state index contributed by atoms with van der Waals surface area (Å²) < 4.78 is 0. The molecule has 0 amide bonds. The van der Waals surface area contributed by atoms with E-state index < -0.39 is 0 Å². The highest BCUT2D eigenvalue weighted by Crippen LogP contribution is 2.31. The average molecular weight is 264 g/mol. The molecule has 0 aromatic heterocycles. The first kappa shape index (κ1) is 13.2. The second kappa shape index (κ2) is 5.60. The number of nitrogens with zero attached hydrogens (tertiary/aromatic N) is 2. The van der Waals surface area contributed by atoms with Crippen molar-refractivity contribution in [3.05, 3.63) is 28.8 Å². The molecule has 1 fully saturated rings. The Hall–Kier alpha value is -1.24. The molecule has 2 atom stereocenters. The van der Waals surface area contributed by atoms with Gasteiger partial charge in [0.05, 0.1) is 22.3 Å². The van der Waals surface area contributed by atoms with Gasteiger partial charge in [-0.2, -0.15) is 5.26 Å². The number of benzene rings is 1. The maximum Gasteiger partial charge on any atom is 0.0992 e. The predicted molar refractivity (Wildman–Crippen MR) is 74.8 cm³/mol. The second-order valence-corrected chi connectivity index (χ2v) is 5.39. The molecule has 1 aliphatic heterocycles. The van der Waals surface area contributed by atoms with Crippen LogP contribution in [0.3, 0.4) is 0 Å². The SMILES string of the molecule is CC(N)C1CCCN(c2ccc(C#N)cc2Cl)C1. The van der Waals surface area contributed by atoms with Crippen molar-refractivity contribution >= 4 is 17.3 Å². The quantitative estimate of drug-likeness (QED) is 0.893. The molecule has 4 heteroatoms. The third-order valence-electron chi connectivity index (χ3n) is 3.62. The van der Waals surface area contributed by atoms with E-state index in [1.54, 1.807) is 6.07 Å². The summed E-state index contributed by atoms with van der Waals surface area (Å²) >= 11 is 6.24. The molecule has 18 heavy (non-hydrogen) atoms. The number of piperidine rings is 1. The van der Waals surface area contributed by atoms with Crippen molar-refractivity contribution in [2.24, 2.45) is 11.7 Å². The minimum absolute atomic E-state index is 0.213. The van der Waals surface area contributed by atoms with Crippen molar-refractivity contribution in [3.63, 3.8) is 0 Å². The van der Waals surface area contributed by atoms with Crippen LogP contribution >= 0.6 is 11.6 Å². The molecule has 0 spiro atoms. The molecule has 0 saturated carbocycles. The monoisotopic (exact) mass is 263 g/mol. The van der Waals surface area contributed by atoms with Gasteiger partial charge in [0.15, 0.2) is 0 Å². The van der Waals surface area contributed by atoms with Gasteiger partial charge in [-0.05, 0) is 43.9 Å². The number of anilines is 1. The number of hydrogen-bond acceptors (Lipinski definition) is 3. The summed E-state index contributed by atoms with van der Waals surface area (Å²) in [4.78, 5) is 2.28. The Morgan fingerprint density at radius 1 is 1.56 bits per heavy atom. The van der Waals surface area contributed by atoms with Crippen LogP contribution in [0.5, 0.6) is 0 Å². The van der Waals surface area contributed by atoms with Crippen LogP contribution in [0.1, 0.15) is 25.3 Å². The minimum atomic E-state index is 0.213. The molecule has 1 aliphatic rings. The van der Waals surface area contributed by atoms with Gasteiger partial charge in [-0.3, -0.25) is 0 Å². The highest BCUT2D eigenvalue weighted by Gasteiger charge is 2.23. The van der Waals surface area contributed by atoms with Gasteiger partial charge in [0.25, 0.3) is 0 Å². The number of hydrogen-bond donors (Lipinski definition) is 1.